The van der Waals surface area contributed by atoms with Gasteiger partial charge in [-0.3, -0.25) is 0 Å². The topological polar surface area (TPSA) is 55.0 Å². The van der Waals surface area contributed by atoms with E-state index in [1.165, 1.54) is 0 Å². The van der Waals surface area contributed by atoms with Crippen LogP contribution in [0.3, 0.4) is 0 Å². The first-order valence-corrected chi connectivity index (χ1v) is 5.40. The predicted molar refractivity (Wildman–Crippen MR) is 56.2 cm³/mol. The molecule has 2 N–H and O–H groups in total. The number of aromatic nitrogens is 2. The number of anilines is 1. The monoisotopic (exact) mass is 200 g/mol. The molecule has 1 rings (SSSR count). The van der Waals surface area contributed by atoms with Crippen molar-refractivity contribution in [1.29, 1.82) is 0 Å². The maximum Gasteiger partial charge on any atom is 0.208 e. The van der Waals surface area contributed by atoms with Crippen molar-refractivity contribution < 1.29 is 0 Å². The second-order valence-corrected chi connectivity index (χ2v) is 3.73. The van der Waals surface area contributed by atoms with Gasteiger partial charge in [-0.05, 0) is 20.4 Å². The van der Waals surface area contributed by atoms with E-state index < -0.39 is 0 Å². The zero-order chi connectivity index (χ0) is 9.68. The molecule has 0 atom stereocenters. The van der Waals surface area contributed by atoms with E-state index in [1.807, 2.05) is 0 Å². The summed E-state index contributed by atoms with van der Waals surface area (Å²) in [6, 6.07) is 0. The number of hydrogen-bond donors (Lipinski definition) is 1. The molecule has 1 heterocycles. The van der Waals surface area contributed by atoms with E-state index in [-0.39, 0.29) is 0 Å². The fourth-order valence-electron chi connectivity index (χ4n) is 1.09. The van der Waals surface area contributed by atoms with Gasteiger partial charge in [0.1, 0.15) is 5.01 Å². The molecular weight excluding hydrogens is 184 g/mol. The minimum atomic E-state index is 0.646. The molecule has 0 aliphatic carbocycles. The Bertz CT molecular complexity index is 244. The average molecular weight is 200 g/mol. The molecule has 1 aromatic heterocycles. The van der Waals surface area contributed by atoms with Gasteiger partial charge in [0.15, 0.2) is 0 Å². The molecule has 74 valence electrons. The third kappa shape index (κ3) is 2.63. The van der Waals surface area contributed by atoms with E-state index in [0.717, 1.165) is 29.6 Å². The molecule has 4 nitrogen and oxygen atoms in total. The van der Waals surface area contributed by atoms with Crippen molar-refractivity contribution in [3.05, 3.63) is 5.01 Å². The van der Waals surface area contributed by atoms with Gasteiger partial charge in [-0.25, -0.2) is 0 Å². The number of rotatable bonds is 5. The Balaban J connectivity index is 2.66. The van der Waals surface area contributed by atoms with Gasteiger partial charge in [-0.15, -0.1) is 10.2 Å². The van der Waals surface area contributed by atoms with Crippen molar-refractivity contribution in [2.75, 3.05) is 24.5 Å². The first-order chi connectivity index (χ1) is 6.31. The van der Waals surface area contributed by atoms with Crippen molar-refractivity contribution in [2.24, 2.45) is 5.73 Å². The zero-order valence-electron chi connectivity index (χ0n) is 8.16. The maximum atomic E-state index is 5.44. The summed E-state index contributed by atoms with van der Waals surface area (Å²) in [7, 11) is 0. The van der Waals surface area contributed by atoms with E-state index in [0.29, 0.717) is 6.54 Å². The van der Waals surface area contributed by atoms with E-state index in [4.69, 9.17) is 5.73 Å². The molecule has 0 saturated heterocycles. The van der Waals surface area contributed by atoms with Crippen LogP contribution in [0.25, 0.3) is 0 Å². The standard InChI is InChI=1S/C8H16N4S/c1-3-12(4-2)8-11-10-7(13-8)5-6-9/h3-6,9H2,1-2H3. The zero-order valence-corrected chi connectivity index (χ0v) is 8.97. The number of nitrogens with zero attached hydrogens (tertiary/aromatic N) is 3. The Hall–Kier alpha value is -0.680. The van der Waals surface area contributed by atoms with Crippen molar-refractivity contribution in [3.63, 3.8) is 0 Å². The van der Waals surface area contributed by atoms with Gasteiger partial charge >= 0.3 is 0 Å². The van der Waals surface area contributed by atoms with Crippen LogP contribution in [-0.4, -0.2) is 29.8 Å². The van der Waals surface area contributed by atoms with Crippen LogP contribution in [0.5, 0.6) is 0 Å². The summed E-state index contributed by atoms with van der Waals surface area (Å²) in [6.45, 7) is 6.84. The predicted octanol–water partition coefficient (Wildman–Crippen LogP) is 0.885. The lowest BCUT2D eigenvalue weighted by Gasteiger charge is -2.15. The Morgan fingerprint density at radius 1 is 1.31 bits per heavy atom. The summed E-state index contributed by atoms with van der Waals surface area (Å²) in [4.78, 5) is 2.19. The molecule has 5 heteroatoms. The van der Waals surface area contributed by atoms with Gasteiger partial charge < -0.3 is 10.6 Å². The summed E-state index contributed by atoms with van der Waals surface area (Å²) in [5, 5.41) is 10.2. The molecule has 0 aliphatic heterocycles. The summed E-state index contributed by atoms with van der Waals surface area (Å²) in [5.74, 6) is 0. The molecule has 0 bridgehead atoms. The average Bonchev–Trinajstić information content (AvgIpc) is 2.56. The molecule has 0 saturated carbocycles. The summed E-state index contributed by atoms with van der Waals surface area (Å²) in [6.07, 6.45) is 0.832. The lowest BCUT2D eigenvalue weighted by molar-refractivity contribution is 0.838. The van der Waals surface area contributed by atoms with Gasteiger partial charge in [0, 0.05) is 19.5 Å². The fraction of sp³-hybridized carbons (Fsp3) is 0.750. The summed E-state index contributed by atoms with van der Waals surface area (Å²) < 4.78 is 0. The van der Waals surface area contributed by atoms with Crippen LogP contribution >= 0.6 is 11.3 Å². The SMILES string of the molecule is CCN(CC)c1nnc(CCN)s1. The lowest BCUT2D eigenvalue weighted by Crippen LogP contribution is -2.21. The van der Waals surface area contributed by atoms with Crippen molar-refractivity contribution >= 4 is 16.5 Å². The van der Waals surface area contributed by atoms with Crippen LogP contribution in [-0.2, 0) is 6.42 Å². The quantitative estimate of drug-likeness (QED) is 0.767. The van der Waals surface area contributed by atoms with Crippen LogP contribution in [0, 0.1) is 0 Å². The minimum Gasteiger partial charge on any atom is -0.347 e. The molecule has 13 heavy (non-hydrogen) atoms. The van der Waals surface area contributed by atoms with Gasteiger partial charge in [0.25, 0.3) is 0 Å². The third-order valence-corrected chi connectivity index (χ3v) is 2.89. The highest BCUT2D eigenvalue weighted by Gasteiger charge is 2.08. The smallest absolute Gasteiger partial charge is 0.208 e. The Labute approximate surface area is 82.8 Å². The van der Waals surface area contributed by atoms with E-state index in [9.17, 15) is 0 Å². The highest BCUT2D eigenvalue weighted by Crippen LogP contribution is 2.19. The minimum absolute atomic E-state index is 0.646. The molecule has 0 aliphatic rings. The van der Waals surface area contributed by atoms with Crippen molar-refractivity contribution in [2.45, 2.75) is 20.3 Å². The normalized spacial score (nSPS) is 10.4. The second-order valence-electron chi connectivity index (χ2n) is 2.69. The Morgan fingerprint density at radius 2 is 2.00 bits per heavy atom. The van der Waals surface area contributed by atoms with E-state index in [1.54, 1.807) is 11.3 Å². The summed E-state index contributed by atoms with van der Waals surface area (Å²) >= 11 is 1.64. The lowest BCUT2D eigenvalue weighted by atomic mass is 10.5. The molecule has 1 aromatic rings. The first-order valence-electron chi connectivity index (χ1n) is 4.59. The van der Waals surface area contributed by atoms with Crippen LogP contribution in [0.2, 0.25) is 0 Å². The summed E-state index contributed by atoms with van der Waals surface area (Å²) in [5.41, 5.74) is 5.44. The molecule has 0 fully saturated rings. The van der Waals surface area contributed by atoms with Gasteiger partial charge in [-0.1, -0.05) is 11.3 Å². The molecule has 0 aromatic carbocycles. The van der Waals surface area contributed by atoms with Crippen LogP contribution in [0.15, 0.2) is 0 Å². The third-order valence-electron chi connectivity index (χ3n) is 1.85. The Kier molecular flexibility index (Phi) is 4.11. The van der Waals surface area contributed by atoms with E-state index in [2.05, 4.69) is 28.9 Å². The first kappa shape index (κ1) is 10.4. The van der Waals surface area contributed by atoms with E-state index >= 15 is 0 Å². The maximum absolute atomic E-state index is 5.44. The Morgan fingerprint density at radius 3 is 2.54 bits per heavy atom. The highest BCUT2D eigenvalue weighted by atomic mass is 32.1. The number of hydrogen-bond acceptors (Lipinski definition) is 5. The van der Waals surface area contributed by atoms with Crippen molar-refractivity contribution in [1.82, 2.24) is 10.2 Å². The van der Waals surface area contributed by atoms with Crippen LogP contribution in [0.4, 0.5) is 5.13 Å². The largest absolute Gasteiger partial charge is 0.347 e. The fourth-order valence-corrected chi connectivity index (χ4v) is 2.07. The molecular formula is C8H16N4S. The second kappa shape index (κ2) is 5.14. The van der Waals surface area contributed by atoms with Gasteiger partial charge in [0.05, 0.1) is 0 Å². The van der Waals surface area contributed by atoms with Gasteiger partial charge in [0.2, 0.25) is 5.13 Å². The van der Waals surface area contributed by atoms with Gasteiger partial charge in [-0.2, -0.15) is 0 Å². The number of nitrogens with two attached hydrogens (primary N) is 1. The molecule has 0 spiro atoms. The van der Waals surface area contributed by atoms with Crippen LogP contribution < -0.4 is 10.6 Å². The molecule has 0 amide bonds. The molecule has 0 radical (unpaired) electrons. The molecule has 0 unspecified atom stereocenters. The highest BCUT2D eigenvalue weighted by molar-refractivity contribution is 7.15. The van der Waals surface area contributed by atoms with Crippen LogP contribution in [0.1, 0.15) is 18.9 Å². The van der Waals surface area contributed by atoms with Crippen molar-refractivity contribution in [3.8, 4) is 0 Å².